The quantitative estimate of drug-likeness (QED) is 0.911. The number of aliphatic hydroxyl groups excluding tert-OH is 1. The highest BCUT2D eigenvalue weighted by Crippen LogP contribution is 2.29. The average Bonchev–Trinajstić information content (AvgIpc) is 3.10. The van der Waals surface area contributed by atoms with E-state index in [1.54, 1.807) is 11.3 Å². The van der Waals surface area contributed by atoms with Crippen LogP contribution in [-0.2, 0) is 6.42 Å². The van der Waals surface area contributed by atoms with Gasteiger partial charge in [0.05, 0.1) is 12.1 Å². The Kier molecular flexibility index (Phi) is 3.58. The molecule has 0 aromatic carbocycles. The fourth-order valence-electron chi connectivity index (χ4n) is 2.22. The number of thiazole rings is 1. The second-order valence-corrected chi connectivity index (χ2v) is 6.61. The molecular formula is C14H15N3OS2. The maximum absolute atomic E-state index is 10.1. The van der Waals surface area contributed by atoms with Gasteiger partial charge in [-0.25, -0.2) is 4.98 Å². The normalized spacial score (nSPS) is 15.4. The van der Waals surface area contributed by atoms with Gasteiger partial charge < -0.3 is 10.0 Å². The highest BCUT2D eigenvalue weighted by molar-refractivity contribution is 7.11. The third kappa shape index (κ3) is 2.48. The minimum absolute atomic E-state index is 0.260. The Labute approximate surface area is 125 Å². The van der Waals surface area contributed by atoms with E-state index in [4.69, 9.17) is 5.41 Å². The summed E-state index contributed by atoms with van der Waals surface area (Å²) in [4.78, 5) is 7.58. The van der Waals surface area contributed by atoms with Gasteiger partial charge in [-0.1, -0.05) is 6.07 Å². The first-order valence-electron chi connectivity index (χ1n) is 6.36. The van der Waals surface area contributed by atoms with Gasteiger partial charge in [0.25, 0.3) is 0 Å². The van der Waals surface area contributed by atoms with Crippen LogP contribution >= 0.6 is 22.7 Å². The van der Waals surface area contributed by atoms with E-state index < -0.39 is 0 Å². The molecule has 0 fully saturated rings. The molecule has 0 saturated heterocycles. The highest BCUT2D eigenvalue weighted by atomic mass is 32.1. The Bertz CT molecular complexity index is 658. The fraction of sp³-hybridized carbons (Fsp3) is 0.286. The molecule has 104 valence electrons. The molecule has 0 atom stereocenters. The second-order valence-electron chi connectivity index (χ2n) is 4.72. The Morgan fingerprint density at radius 1 is 1.45 bits per heavy atom. The minimum atomic E-state index is 0.260. The number of hydrogen-bond acceptors (Lipinski definition) is 5. The van der Waals surface area contributed by atoms with E-state index in [9.17, 15) is 5.11 Å². The van der Waals surface area contributed by atoms with Gasteiger partial charge in [0.2, 0.25) is 0 Å². The topological polar surface area (TPSA) is 60.2 Å². The standard InChI is InChI=1S/C14H15N3OS2/c1-9-8-20-14(16-9)12-11(18)7-17(13(12)15)5-4-10-3-2-6-19-10/h2-3,6,8,15,18H,4-5,7H2,1H3. The fourth-order valence-corrected chi connectivity index (χ4v) is 3.78. The van der Waals surface area contributed by atoms with Gasteiger partial charge in [-0.15, -0.1) is 22.7 Å². The molecule has 4 nitrogen and oxygen atoms in total. The first-order chi connectivity index (χ1) is 9.65. The lowest BCUT2D eigenvalue weighted by Crippen LogP contribution is -2.28. The summed E-state index contributed by atoms with van der Waals surface area (Å²) in [5.74, 6) is 0.643. The van der Waals surface area contributed by atoms with Crippen LogP contribution < -0.4 is 0 Å². The van der Waals surface area contributed by atoms with E-state index in [0.717, 1.165) is 23.7 Å². The number of aliphatic hydroxyl groups is 1. The summed E-state index contributed by atoms with van der Waals surface area (Å²) in [7, 11) is 0. The van der Waals surface area contributed by atoms with E-state index in [2.05, 4.69) is 16.4 Å². The molecule has 0 aliphatic carbocycles. The van der Waals surface area contributed by atoms with Crippen LogP contribution in [0.4, 0.5) is 0 Å². The third-order valence-corrected chi connectivity index (χ3v) is 5.14. The molecule has 1 aliphatic heterocycles. The number of amidine groups is 1. The van der Waals surface area contributed by atoms with Crippen molar-refractivity contribution < 1.29 is 5.11 Å². The molecular weight excluding hydrogens is 290 g/mol. The molecule has 0 saturated carbocycles. The summed E-state index contributed by atoms with van der Waals surface area (Å²) < 4.78 is 0. The SMILES string of the molecule is Cc1csc(C2=C(O)CN(CCc3cccs3)C2=N)n1. The number of hydrogen-bond donors (Lipinski definition) is 2. The van der Waals surface area contributed by atoms with Crippen LogP contribution in [0.25, 0.3) is 5.57 Å². The Morgan fingerprint density at radius 2 is 2.30 bits per heavy atom. The van der Waals surface area contributed by atoms with Crippen molar-refractivity contribution in [3.63, 3.8) is 0 Å². The number of nitrogens with one attached hydrogen (secondary N) is 1. The molecule has 20 heavy (non-hydrogen) atoms. The Balaban J connectivity index is 1.72. The van der Waals surface area contributed by atoms with Gasteiger partial charge in [-0.3, -0.25) is 5.41 Å². The first-order valence-corrected chi connectivity index (χ1v) is 8.12. The Morgan fingerprint density at radius 3 is 2.95 bits per heavy atom. The summed E-state index contributed by atoms with van der Waals surface area (Å²) in [6, 6.07) is 4.14. The van der Waals surface area contributed by atoms with Crippen LogP contribution in [0.3, 0.4) is 0 Å². The van der Waals surface area contributed by atoms with Crippen LogP contribution in [0.5, 0.6) is 0 Å². The lowest BCUT2D eigenvalue weighted by molar-refractivity contribution is 0.351. The summed E-state index contributed by atoms with van der Waals surface area (Å²) in [6.45, 7) is 3.08. The summed E-state index contributed by atoms with van der Waals surface area (Å²) in [5.41, 5.74) is 1.52. The smallest absolute Gasteiger partial charge is 0.135 e. The van der Waals surface area contributed by atoms with Crippen molar-refractivity contribution in [3.8, 4) is 0 Å². The van der Waals surface area contributed by atoms with Crippen LogP contribution in [0.15, 0.2) is 28.7 Å². The predicted molar refractivity (Wildman–Crippen MR) is 83.7 cm³/mol. The van der Waals surface area contributed by atoms with Crippen molar-refractivity contribution in [3.05, 3.63) is 44.2 Å². The van der Waals surface area contributed by atoms with Crippen molar-refractivity contribution in [2.24, 2.45) is 0 Å². The van der Waals surface area contributed by atoms with Gasteiger partial charge in [-0.2, -0.15) is 0 Å². The molecule has 1 aliphatic rings. The molecule has 2 aromatic heterocycles. The molecule has 0 radical (unpaired) electrons. The maximum Gasteiger partial charge on any atom is 0.135 e. The molecule has 0 amide bonds. The van der Waals surface area contributed by atoms with Crippen molar-refractivity contribution in [2.45, 2.75) is 13.3 Å². The zero-order chi connectivity index (χ0) is 14.1. The number of aryl methyl sites for hydroxylation is 1. The van der Waals surface area contributed by atoms with Gasteiger partial charge in [-0.05, 0) is 24.8 Å². The summed E-state index contributed by atoms with van der Waals surface area (Å²) >= 11 is 3.20. The monoisotopic (exact) mass is 305 g/mol. The van der Waals surface area contributed by atoms with Crippen molar-refractivity contribution >= 4 is 34.1 Å². The van der Waals surface area contributed by atoms with E-state index in [1.807, 2.05) is 23.3 Å². The number of aromatic nitrogens is 1. The van der Waals surface area contributed by atoms with Crippen molar-refractivity contribution in [1.82, 2.24) is 9.88 Å². The van der Waals surface area contributed by atoms with E-state index >= 15 is 0 Å². The van der Waals surface area contributed by atoms with Crippen LogP contribution in [0.1, 0.15) is 15.6 Å². The van der Waals surface area contributed by atoms with Gasteiger partial charge in [0.15, 0.2) is 0 Å². The number of nitrogens with zero attached hydrogens (tertiary/aromatic N) is 2. The first kappa shape index (κ1) is 13.3. The molecule has 3 heterocycles. The molecule has 2 N–H and O–H groups in total. The van der Waals surface area contributed by atoms with E-state index in [-0.39, 0.29) is 5.76 Å². The third-order valence-electron chi connectivity index (χ3n) is 3.22. The molecule has 0 bridgehead atoms. The Hall–Kier alpha value is -1.66. The molecule has 2 aromatic rings. The van der Waals surface area contributed by atoms with Crippen LogP contribution in [-0.4, -0.2) is 33.9 Å². The second kappa shape index (κ2) is 5.38. The van der Waals surface area contributed by atoms with E-state index in [1.165, 1.54) is 16.2 Å². The zero-order valence-corrected chi connectivity index (χ0v) is 12.7. The number of thiophene rings is 1. The molecule has 0 spiro atoms. The van der Waals surface area contributed by atoms with Crippen LogP contribution in [0.2, 0.25) is 0 Å². The lowest BCUT2D eigenvalue weighted by Gasteiger charge is -2.17. The van der Waals surface area contributed by atoms with Crippen molar-refractivity contribution in [1.29, 1.82) is 5.41 Å². The largest absolute Gasteiger partial charge is 0.510 e. The van der Waals surface area contributed by atoms with Crippen LogP contribution in [0, 0.1) is 12.3 Å². The van der Waals surface area contributed by atoms with E-state index in [0.29, 0.717) is 18.0 Å². The minimum Gasteiger partial charge on any atom is -0.510 e. The summed E-state index contributed by atoms with van der Waals surface area (Å²) in [5, 5.41) is 23.1. The zero-order valence-electron chi connectivity index (χ0n) is 11.1. The number of rotatable bonds is 4. The average molecular weight is 305 g/mol. The van der Waals surface area contributed by atoms with Crippen molar-refractivity contribution in [2.75, 3.05) is 13.1 Å². The molecule has 3 rings (SSSR count). The van der Waals surface area contributed by atoms with Gasteiger partial charge in [0.1, 0.15) is 16.6 Å². The predicted octanol–water partition coefficient (Wildman–Crippen LogP) is 3.32. The molecule has 6 heteroatoms. The highest BCUT2D eigenvalue weighted by Gasteiger charge is 2.29. The summed E-state index contributed by atoms with van der Waals surface area (Å²) in [6.07, 6.45) is 0.900. The lowest BCUT2D eigenvalue weighted by atomic mass is 10.2. The van der Waals surface area contributed by atoms with Gasteiger partial charge >= 0.3 is 0 Å². The molecule has 0 unspecified atom stereocenters. The maximum atomic E-state index is 10.1. The van der Waals surface area contributed by atoms with Gasteiger partial charge in [0, 0.05) is 22.5 Å².